The van der Waals surface area contributed by atoms with Crippen LogP contribution in [-0.4, -0.2) is 39.1 Å². The van der Waals surface area contributed by atoms with Crippen molar-refractivity contribution >= 4 is 17.9 Å². The highest BCUT2D eigenvalue weighted by molar-refractivity contribution is 5.83. The van der Waals surface area contributed by atoms with E-state index >= 15 is 0 Å². The van der Waals surface area contributed by atoms with Crippen LogP contribution < -0.4 is 20.1 Å². The highest BCUT2D eigenvalue weighted by Crippen LogP contribution is 2.42. The Morgan fingerprint density at radius 3 is 2.68 bits per heavy atom. The van der Waals surface area contributed by atoms with Crippen molar-refractivity contribution in [2.75, 3.05) is 17.2 Å². The van der Waals surface area contributed by atoms with Gasteiger partial charge in [0, 0.05) is 11.8 Å². The smallest absolute Gasteiger partial charge is 0.449 e. The number of halogens is 2. The molecule has 1 aliphatic rings. The molecule has 0 spiro atoms. The van der Waals surface area contributed by atoms with Gasteiger partial charge in [-0.3, -0.25) is 5.32 Å². The predicted molar refractivity (Wildman–Crippen MR) is 133 cm³/mol. The second-order valence-corrected chi connectivity index (χ2v) is 10.0. The van der Waals surface area contributed by atoms with Crippen LogP contribution in [0.1, 0.15) is 65.3 Å². The Labute approximate surface area is 218 Å². The molecule has 11 nitrogen and oxygen atoms in total. The van der Waals surface area contributed by atoms with Gasteiger partial charge in [-0.25, -0.2) is 9.78 Å². The summed E-state index contributed by atoms with van der Waals surface area (Å²) in [5, 5.41) is 9.50. The second-order valence-electron chi connectivity index (χ2n) is 10.0. The van der Waals surface area contributed by atoms with Crippen molar-refractivity contribution in [2.24, 2.45) is 5.41 Å². The molecule has 204 valence electrons. The van der Waals surface area contributed by atoms with E-state index in [9.17, 15) is 13.6 Å². The molecule has 1 atom stereocenters. The van der Waals surface area contributed by atoms with Crippen LogP contribution in [0, 0.1) is 5.41 Å². The SMILES string of the molecule is C[C@H](Nc1nccc(NC(=O)OCCCCCC(C)(C)C)n1)c1nc(-c2ccc3c(c2)OC(F)(F)O3)no1. The number of ether oxygens (including phenoxy) is 3. The summed E-state index contributed by atoms with van der Waals surface area (Å²) in [7, 11) is 0. The Bertz CT molecular complexity index is 1260. The number of hydrogen-bond donors (Lipinski definition) is 2. The first-order chi connectivity index (χ1) is 18.0. The number of anilines is 2. The van der Waals surface area contributed by atoms with E-state index in [0.29, 0.717) is 17.6 Å². The van der Waals surface area contributed by atoms with E-state index in [4.69, 9.17) is 9.26 Å². The van der Waals surface area contributed by atoms with Gasteiger partial charge >= 0.3 is 12.4 Å². The minimum absolute atomic E-state index is 0.0804. The van der Waals surface area contributed by atoms with Gasteiger partial charge < -0.3 is 24.1 Å². The summed E-state index contributed by atoms with van der Waals surface area (Å²) in [6.07, 6.45) is 1.17. The Balaban J connectivity index is 1.27. The first kappa shape index (κ1) is 27.0. The summed E-state index contributed by atoms with van der Waals surface area (Å²) >= 11 is 0. The van der Waals surface area contributed by atoms with Gasteiger partial charge in [-0.2, -0.15) is 9.97 Å². The second kappa shape index (κ2) is 11.2. The van der Waals surface area contributed by atoms with Crippen LogP contribution in [0.15, 0.2) is 35.0 Å². The van der Waals surface area contributed by atoms with Gasteiger partial charge in [0.1, 0.15) is 11.9 Å². The number of unbranched alkanes of at least 4 members (excludes halogenated alkanes) is 2. The zero-order valence-corrected chi connectivity index (χ0v) is 21.6. The van der Waals surface area contributed by atoms with Crippen molar-refractivity contribution in [3.05, 3.63) is 36.4 Å². The van der Waals surface area contributed by atoms with E-state index in [2.05, 4.69) is 61.0 Å². The van der Waals surface area contributed by atoms with E-state index in [1.807, 2.05) is 0 Å². The molecule has 2 aromatic heterocycles. The predicted octanol–water partition coefficient (Wildman–Crippen LogP) is 6.18. The molecule has 2 N–H and O–H groups in total. The Kier molecular flexibility index (Phi) is 7.93. The molecule has 38 heavy (non-hydrogen) atoms. The standard InChI is InChI=1S/C25H30F2N6O5/c1-15(21-32-20(33-38-21)16-8-9-17-18(14-16)37-25(26,27)36-17)29-22-28-12-10-19(30-22)31-23(34)35-13-7-5-6-11-24(2,3)4/h8-10,12,14-15H,5-7,11,13H2,1-4H3,(H2,28,29,30,31,34)/t15-/m0/s1. The number of hydrogen-bond acceptors (Lipinski definition) is 10. The molecule has 3 heterocycles. The van der Waals surface area contributed by atoms with Gasteiger partial charge in [-0.05, 0) is 49.4 Å². The number of aromatic nitrogens is 4. The molecule has 0 unspecified atom stereocenters. The lowest BCUT2D eigenvalue weighted by Gasteiger charge is -2.17. The minimum atomic E-state index is -3.71. The van der Waals surface area contributed by atoms with Crippen molar-refractivity contribution in [1.29, 1.82) is 0 Å². The first-order valence-electron chi connectivity index (χ1n) is 12.2. The number of carbonyl (C=O) groups excluding carboxylic acids is 1. The van der Waals surface area contributed by atoms with E-state index in [0.717, 1.165) is 25.7 Å². The van der Waals surface area contributed by atoms with Crippen LogP contribution in [0.3, 0.4) is 0 Å². The van der Waals surface area contributed by atoms with Gasteiger partial charge in [0.25, 0.3) is 0 Å². The van der Waals surface area contributed by atoms with Crippen LogP contribution in [0.2, 0.25) is 0 Å². The maximum absolute atomic E-state index is 13.3. The lowest BCUT2D eigenvalue weighted by atomic mass is 9.89. The molecule has 0 aliphatic carbocycles. The Hall–Kier alpha value is -4.03. The number of fused-ring (bicyclic) bond motifs is 1. The number of amides is 1. The van der Waals surface area contributed by atoms with Gasteiger partial charge in [-0.1, -0.05) is 38.8 Å². The Morgan fingerprint density at radius 1 is 1.11 bits per heavy atom. The third-order valence-electron chi connectivity index (χ3n) is 5.51. The maximum Gasteiger partial charge on any atom is 0.586 e. The molecule has 1 aliphatic heterocycles. The molecule has 0 fully saturated rings. The number of nitrogens with zero attached hydrogens (tertiary/aromatic N) is 4. The molecule has 1 amide bonds. The zero-order valence-electron chi connectivity index (χ0n) is 21.6. The number of carbonyl (C=O) groups is 1. The topological polar surface area (TPSA) is 134 Å². The van der Waals surface area contributed by atoms with Crippen molar-refractivity contribution in [2.45, 2.75) is 65.7 Å². The molecule has 0 bridgehead atoms. The summed E-state index contributed by atoms with van der Waals surface area (Å²) in [6.45, 7) is 8.69. The number of nitrogens with one attached hydrogen (secondary N) is 2. The van der Waals surface area contributed by atoms with E-state index in [1.54, 1.807) is 6.92 Å². The average Bonchev–Trinajstić information content (AvgIpc) is 3.43. The molecular formula is C25H30F2N6O5. The van der Waals surface area contributed by atoms with Gasteiger partial charge in [-0.15, -0.1) is 8.78 Å². The molecule has 4 rings (SSSR count). The van der Waals surface area contributed by atoms with Crippen molar-refractivity contribution in [3.63, 3.8) is 0 Å². The monoisotopic (exact) mass is 532 g/mol. The van der Waals surface area contributed by atoms with Crippen LogP contribution in [0.5, 0.6) is 11.5 Å². The zero-order chi connectivity index (χ0) is 27.3. The summed E-state index contributed by atoms with van der Waals surface area (Å²) in [6, 6.07) is 5.22. The lowest BCUT2D eigenvalue weighted by Crippen LogP contribution is -2.25. The largest absolute Gasteiger partial charge is 0.586 e. The first-order valence-corrected chi connectivity index (χ1v) is 12.2. The fourth-order valence-corrected chi connectivity index (χ4v) is 3.61. The molecular weight excluding hydrogens is 502 g/mol. The third kappa shape index (κ3) is 7.49. The van der Waals surface area contributed by atoms with Crippen LogP contribution in [0.4, 0.5) is 25.3 Å². The summed E-state index contributed by atoms with van der Waals surface area (Å²) in [5.41, 5.74) is 0.707. The summed E-state index contributed by atoms with van der Waals surface area (Å²) in [5.74, 6) is 0.645. The number of rotatable bonds is 10. The van der Waals surface area contributed by atoms with Crippen LogP contribution in [0.25, 0.3) is 11.4 Å². The van der Waals surface area contributed by atoms with Crippen molar-refractivity contribution < 1.29 is 32.3 Å². The fourth-order valence-electron chi connectivity index (χ4n) is 3.61. The van der Waals surface area contributed by atoms with Crippen LogP contribution in [-0.2, 0) is 4.74 Å². The molecule has 1 aromatic carbocycles. The van der Waals surface area contributed by atoms with Gasteiger partial charge in [0.15, 0.2) is 11.5 Å². The molecule has 3 aromatic rings. The summed E-state index contributed by atoms with van der Waals surface area (Å²) in [4.78, 5) is 24.8. The van der Waals surface area contributed by atoms with E-state index in [-0.39, 0.29) is 35.0 Å². The fraction of sp³-hybridized carbons (Fsp3) is 0.480. The number of alkyl halides is 2. The molecule has 13 heteroatoms. The lowest BCUT2D eigenvalue weighted by molar-refractivity contribution is -0.286. The van der Waals surface area contributed by atoms with Crippen molar-refractivity contribution in [1.82, 2.24) is 20.1 Å². The maximum atomic E-state index is 13.3. The van der Waals surface area contributed by atoms with Crippen LogP contribution >= 0.6 is 0 Å². The highest BCUT2D eigenvalue weighted by atomic mass is 19.3. The Morgan fingerprint density at radius 2 is 1.89 bits per heavy atom. The quantitative estimate of drug-likeness (QED) is 0.292. The molecule has 0 saturated heterocycles. The summed E-state index contributed by atoms with van der Waals surface area (Å²) < 4.78 is 45.9. The van der Waals surface area contributed by atoms with E-state index in [1.165, 1.54) is 30.5 Å². The third-order valence-corrected chi connectivity index (χ3v) is 5.51. The minimum Gasteiger partial charge on any atom is -0.449 e. The van der Waals surface area contributed by atoms with E-state index < -0.39 is 18.4 Å². The number of benzene rings is 1. The normalized spacial score (nSPS) is 14.7. The molecule has 0 saturated carbocycles. The van der Waals surface area contributed by atoms with Crippen molar-refractivity contribution in [3.8, 4) is 22.9 Å². The average molecular weight is 533 g/mol. The van der Waals surface area contributed by atoms with Gasteiger partial charge in [0.2, 0.25) is 17.7 Å². The van der Waals surface area contributed by atoms with Gasteiger partial charge in [0.05, 0.1) is 6.61 Å². The highest BCUT2D eigenvalue weighted by Gasteiger charge is 2.43. The molecule has 0 radical (unpaired) electrons.